The highest BCUT2D eigenvalue weighted by Crippen LogP contribution is 1.99. The maximum Gasteiger partial charge on any atom is 0.219 e. The van der Waals surface area contributed by atoms with E-state index < -0.39 is 0 Å². The predicted molar refractivity (Wildman–Crippen MR) is 53.9 cm³/mol. The molecule has 0 rings (SSSR count). The first-order chi connectivity index (χ1) is 6.07. The summed E-state index contributed by atoms with van der Waals surface area (Å²) in [6, 6.07) is -0.123. The number of amides is 1. The lowest BCUT2D eigenvalue weighted by Crippen LogP contribution is -2.25. The van der Waals surface area contributed by atoms with Gasteiger partial charge in [0, 0.05) is 32.8 Å². The largest absolute Gasteiger partial charge is 0.346 e. The molecule has 0 aliphatic rings. The van der Waals surface area contributed by atoms with Crippen LogP contribution in [-0.2, 0) is 4.79 Å². The highest BCUT2D eigenvalue weighted by atomic mass is 16.2. The maximum atomic E-state index is 10.8. The second-order valence-electron chi connectivity index (χ2n) is 3.27. The molecule has 0 radical (unpaired) electrons. The summed E-state index contributed by atoms with van der Waals surface area (Å²) >= 11 is 0. The predicted octanol–water partition coefficient (Wildman–Crippen LogP) is 0.612. The molecule has 0 aliphatic carbocycles. The van der Waals surface area contributed by atoms with E-state index in [-0.39, 0.29) is 11.9 Å². The van der Waals surface area contributed by atoms with Gasteiger partial charge in [-0.1, -0.05) is 0 Å². The van der Waals surface area contributed by atoms with Crippen LogP contribution >= 0.6 is 0 Å². The van der Waals surface area contributed by atoms with E-state index in [0.29, 0.717) is 0 Å². The van der Waals surface area contributed by atoms with Gasteiger partial charge in [0.25, 0.3) is 0 Å². The van der Waals surface area contributed by atoms with Crippen molar-refractivity contribution in [3.63, 3.8) is 0 Å². The fraction of sp³-hybridized carbons (Fsp3) is 0.778. The molecule has 0 saturated carbocycles. The van der Waals surface area contributed by atoms with Crippen molar-refractivity contribution < 1.29 is 4.79 Å². The molecule has 0 bridgehead atoms. The third-order valence-corrected chi connectivity index (χ3v) is 2.03. The van der Waals surface area contributed by atoms with E-state index in [2.05, 4.69) is 0 Å². The molecule has 4 heteroatoms. The summed E-state index contributed by atoms with van der Waals surface area (Å²) in [4.78, 5) is 12.5. The van der Waals surface area contributed by atoms with Crippen molar-refractivity contribution in [2.45, 2.75) is 32.2 Å². The molecule has 13 heavy (non-hydrogen) atoms. The van der Waals surface area contributed by atoms with Crippen LogP contribution in [0.3, 0.4) is 0 Å². The minimum absolute atomic E-state index is 0.0938. The smallest absolute Gasteiger partial charge is 0.219 e. The topological polar surface area (TPSA) is 70.2 Å². The Hall–Kier alpha value is -0.900. The molecule has 0 aliphatic heterocycles. The number of nitrogens with two attached hydrogens (primary N) is 1. The Morgan fingerprint density at radius 1 is 1.62 bits per heavy atom. The summed E-state index contributed by atoms with van der Waals surface area (Å²) in [5, 5.41) is 6.88. The molecule has 1 atom stereocenters. The number of hydrogen-bond acceptors (Lipinski definition) is 3. The fourth-order valence-electron chi connectivity index (χ4n) is 0.970. The van der Waals surface area contributed by atoms with Crippen molar-refractivity contribution >= 4 is 12.1 Å². The van der Waals surface area contributed by atoms with E-state index in [1.807, 2.05) is 0 Å². The number of hydrogen-bond donors (Lipinski definition) is 2. The Morgan fingerprint density at radius 3 is 2.69 bits per heavy atom. The summed E-state index contributed by atoms with van der Waals surface area (Å²) in [6.45, 7) is 2.34. The van der Waals surface area contributed by atoms with E-state index in [4.69, 9.17) is 11.1 Å². The molecule has 0 heterocycles. The van der Waals surface area contributed by atoms with Crippen LogP contribution in [0.4, 0.5) is 0 Å². The number of carbonyl (C=O) groups is 1. The van der Waals surface area contributed by atoms with E-state index in [9.17, 15) is 4.79 Å². The van der Waals surface area contributed by atoms with Crippen LogP contribution in [-0.4, -0.2) is 36.7 Å². The van der Waals surface area contributed by atoms with Crippen molar-refractivity contribution in [2.24, 2.45) is 5.73 Å². The van der Waals surface area contributed by atoms with Crippen molar-refractivity contribution in [2.75, 3.05) is 13.6 Å². The Morgan fingerprint density at radius 2 is 2.23 bits per heavy atom. The van der Waals surface area contributed by atoms with Gasteiger partial charge < -0.3 is 16.0 Å². The highest BCUT2D eigenvalue weighted by Gasteiger charge is 2.02. The van der Waals surface area contributed by atoms with Crippen LogP contribution in [0.5, 0.6) is 0 Å². The molecular weight excluding hydrogens is 166 g/mol. The Bertz CT molecular complexity index is 170. The lowest BCUT2D eigenvalue weighted by atomic mass is 10.1. The SMILES string of the molecule is CC(=O)N(C)CCCCC(N)C=N. The van der Waals surface area contributed by atoms with Gasteiger partial charge in [-0.3, -0.25) is 4.79 Å². The molecule has 0 aromatic heterocycles. The van der Waals surface area contributed by atoms with Gasteiger partial charge in [0.05, 0.1) is 0 Å². The second kappa shape index (κ2) is 6.60. The number of nitrogens with one attached hydrogen (secondary N) is 1. The Kier molecular flexibility index (Phi) is 6.14. The molecule has 0 aromatic carbocycles. The number of nitrogens with zero attached hydrogens (tertiary/aromatic N) is 1. The average molecular weight is 185 g/mol. The summed E-state index contributed by atoms with van der Waals surface area (Å²) in [5.74, 6) is 0.0938. The van der Waals surface area contributed by atoms with Crippen molar-refractivity contribution in [1.29, 1.82) is 5.41 Å². The number of carbonyl (C=O) groups excluding carboxylic acids is 1. The van der Waals surface area contributed by atoms with Crippen LogP contribution in [0.1, 0.15) is 26.2 Å². The summed E-state index contributed by atoms with van der Waals surface area (Å²) in [5.41, 5.74) is 5.53. The molecule has 0 fully saturated rings. The summed E-state index contributed by atoms with van der Waals surface area (Å²) in [7, 11) is 1.79. The van der Waals surface area contributed by atoms with Gasteiger partial charge in [-0.2, -0.15) is 0 Å². The summed E-state index contributed by atoms with van der Waals surface area (Å²) in [6.07, 6.45) is 4.01. The third kappa shape index (κ3) is 6.28. The first-order valence-corrected chi connectivity index (χ1v) is 4.55. The molecule has 3 N–H and O–H groups in total. The van der Waals surface area contributed by atoms with Crippen LogP contribution in [0.25, 0.3) is 0 Å². The Labute approximate surface area is 79.6 Å². The molecule has 76 valence electrons. The zero-order valence-corrected chi connectivity index (χ0v) is 8.42. The first-order valence-electron chi connectivity index (χ1n) is 4.55. The van der Waals surface area contributed by atoms with E-state index in [0.717, 1.165) is 25.8 Å². The maximum absolute atomic E-state index is 10.8. The van der Waals surface area contributed by atoms with Gasteiger partial charge in [0.2, 0.25) is 5.91 Å². The van der Waals surface area contributed by atoms with Crippen LogP contribution in [0.2, 0.25) is 0 Å². The van der Waals surface area contributed by atoms with Crippen molar-refractivity contribution in [3.8, 4) is 0 Å². The third-order valence-electron chi connectivity index (χ3n) is 2.03. The normalized spacial score (nSPS) is 12.2. The van der Waals surface area contributed by atoms with E-state index >= 15 is 0 Å². The minimum Gasteiger partial charge on any atom is -0.346 e. The molecular formula is C9H19N3O. The standard InChI is InChI=1S/C9H19N3O/c1-8(13)12(2)6-4-3-5-9(11)7-10/h7,9-10H,3-6,11H2,1-2H3. The molecule has 0 spiro atoms. The zero-order chi connectivity index (χ0) is 10.3. The van der Waals surface area contributed by atoms with Gasteiger partial charge in [0.1, 0.15) is 0 Å². The lowest BCUT2D eigenvalue weighted by Gasteiger charge is -2.14. The molecule has 0 aromatic rings. The van der Waals surface area contributed by atoms with Gasteiger partial charge in [-0.05, 0) is 19.3 Å². The van der Waals surface area contributed by atoms with Crippen LogP contribution in [0.15, 0.2) is 0 Å². The van der Waals surface area contributed by atoms with Gasteiger partial charge in [0.15, 0.2) is 0 Å². The average Bonchev–Trinajstić information content (AvgIpc) is 2.11. The van der Waals surface area contributed by atoms with Gasteiger partial charge >= 0.3 is 0 Å². The highest BCUT2D eigenvalue weighted by molar-refractivity contribution is 5.72. The molecule has 4 nitrogen and oxygen atoms in total. The quantitative estimate of drug-likeness (QED) is 0.470. The minimum atomic E-state index is -0.123. The first kappa shape index (κ1) is 12.1. The van der Waals surface area contributed by atoms with Crippen molar-refractivity contribution in [1.82, 2.24) is 4.90 Å². The van der Waals surface area contributed by atoms with Crippen molar-refractivity contribution in [3.05, 3.63) is 0 Å². The van der Waals surface area contributed by atoms with Crippen LogP contribution in [0, 0.1) is 5.41 Å². The molecule has 1 amide bonds. The van der Waals surface area contributed by atoms with E-state index in [1.165, 1.54) is 6.21 Å². The fourth-order valence-corrected chi connectivity index (χ4v) is 0.970. The zero-order valence-electron chi connectivity index (χ0n) is 8.42. The monoisotopic (exact) mass is 185 g/mol. The molecule has 0 saturated heterocycles. The Balaban J connectivity index is 3.35. The van der Waals surface area contributed by atoms with Gasteiger partial charge in [-0.25, -0.2) is 0 Å². The summed E-state index contributed by atoms with van der Waals surface area (Å²) < 4.78 is 0. The number of unbranched alkanes of at least 4 members (excludes halogenated alkanes) is 1. The number of rotatable bonds is 6. The van der Waals surface area contributed by atoms with Gasteiger partial charge in [-0.15, -0.1) is 0 Å². The second-order valence-corrected chi connectivity index (χ2v) is 3.27. The lowest BCUT2D eigenvalue weighted by molar-refractivity contribution is -0.127. The van der Waals surface area contributed by atoms with E-state index in [1.54, 1.807) is 18.9 Å². The van der Waals surface area contributed by atoms with Crippen LogP contribution < -0.4 is 5.73 Å². The molecule has 1 unspecified atom stereocenters.